The van der Waals surface area contributed by atoms with E-state index in [1.165, 1.54) is 18.2 Å². The van der Waals surface area contributed by atoms with Crippen LogP contribution in [0.4, 0.5) is 4.39 Å². The Morgan fingerprint density at radius 3 is 2.53 bits per heavy atom. The molecule has 1 aromatic rings. The summed E-state index contributed by atoms with van der Waals surface area (Å²) in [5, 5.41) is 0. The first kappa shape index (κ1) is 13.2. The van der Waals surface area contributed by atoms with Gasteiger partial charge in [-0.15, -0.1) is 0 Å². The normalized spacial score (nSPS) is 11.7. The van der Waals surface area contributed by atoms with Crippen LogP contribution in [0.3, 0.4) is 0 Å². The number of nitrogens with one attached hydrogen (secondary N) is 2. The maximum atomic E-state index is 13.2. The van der Waals surface area contributed by atoms with Crippen molar-refractivity contribution in [2.45, 2.75) is 20.3 Å². The lowest BCUT2D eigenvalue weighted by atomic mass is 10.1. The number of benzene rings is 1. The van der Waals surface area contributed by atoms with Crippen molar-refractivity contribution < 1.29 is 14.0 Å². The number of hydrogen-bond acceptors (Lipinski definition) is 2. The topological polar surface area (TPSA) is 58.2 Å². The molecule has 0 bridgehead atoms. The number of hydrazine groups is 1. The van der Waals surface area contributed by atoms with Gasteiger partial charge in [0.25, 0.3) is 5.91 Å². The number of halogens is 1. The maximum absolute atomic E-state index is 13.2. The molecular weight excluding hydrogens is 223 g/mol. The molecule has 0 aliphatic carbocycles. The monoisotopic (exact) mass is 238 g/mol. The standard InChI is InChI=1S/C12H15FN2O2/c1-3-8(2)11(16)14-15-12(17)9-6-4-5-7-10(9)13/h4-8H,3H2,1-2H3,(H,14,16)(H,15,17). The summed E-state index contributed by atoms with van der Waals surface area (Å²) in [5.41, 5.74) is 4.33. The van der Waals surface area contributed by atoms with E-state index in [1.807, 2.05) is 6.92 Å². The van der Waals surface area contributed by atoms with Crippen LogP contribution in [0.25, 0.3) is 0 Å². The Morgan fingerprint density at radius 2 is 1.94 bits per heavy atom. The van der Waals surface area contributed by atoms with Gasteiger partial charge in [-0.3, -0.25) is 20.4 Å². The highest BCUT2D eigenvalue weighted by Crippen LogP contribution is 2.05. The van der Waals surface area contributed by atoms with E-state index in [9.17, 15) is 14.0 Å². The van der Waals surface area contributed by atoms with Gasteiger partial charge in [0.15, 0.2) is 0 Å². The molecule has 0 spiro atoms. The highest BCUT2D eigenvalue weighted by atomic mass is 19.1. The molecule has 4 nitrogen and oxygen atoms in total. The Morgan fingerprint density at radius 1 is 1.29 bits per heavy atom. The molecule has 0 fully saturated rings. The van der Waals surface area contributed by atoms with Crippen molar-refractivity contribution in [1.29, 1.82) is 0 Å². The van der Waals surface area contributed by atoms with Crippen LogP contribution in [0.5, 0.6) is 0 Å². The van der Waals surface area contributed by atoms with Gasteiger partial charge in [0, 0.05) is 5.92 Å². The molecule has 0 aliphatic rings. The van der Waals surface area contributed by atoms with E-state index in [2.05, 4.69) is 10.9 Å². The highest BCUT2D eigenvalue weighted by Gasteiger charge is 2.14. The van der Waals surface area contributed by atoms with Crippen LogP contribution < -0.4 is 10.9 Å². The zero-order chi connectivity index (χ0) is 12.8. The summed E-state index contributed by atoms with van der Waals surface area (Å²) >= 11 is 0. The fourth-order valence-electron chi connectivity index (χ4n) is 1.14. The molecule has 0 aromatic heterocycles. The summed E-state index contributed by atoms with van der Waals surface area (Å²) < 4.78 is 13.2. The van der Waals surface area contributed by atoms with Crippen LogP contribution in [0.1, 0.15) is 30.6 Å². The molecule has 92 valence electrons. The fourth-order valence-corrected chi connectivity index (χ4v) is 1.14. The maximum Gasteiger partial charge on any atom is 0.272 e. The zero-order valence-corrected chi connectivity index (χ0v) is 9.79. The third-order valence-corrected chi connectivity index (χ3v) is 2.48. The molecule has 0 aliphatic heterocycles. The minimum atomic E-state index is -0.667. The van der Waals surface area contributed by atoms with Gasteiger partial charge in [-0.2, -0.15) is 0 Å². The predicted molar refractivity (Wildman–Crippen MR) is 61.5 cm³/mol. The molecule has 1 unspecified atom stereocenters. The van der Waals surface area contributed by atoms with Crippen LogP contribution in [0, 0.1) is 11.7 Å². The number of amides is 2. The summed E-state index contributed by atoms with van der Waals surface area (Å²) in [7, 11) is 0. The van der Waals surface area contributed by atoms with Crippen molar-refractivity contribution in [3.8, 4) is 0 Å². The average Bonchev–Trinajstić information content (AvgIpc) is 2.35. The molecule has 0 saturated heterocycles. The summed E-state index contributed by atoms with van der Waals surface area (Å²) in [5.74, 6) is -1.78. The molecule has 0 radical (unpaired) electrons. The van der Waals surface area contributed by atoms with Crippen LogP contribution >= 0.6 is 0 Å². The summed E-state index contributed by atoms with van der Waals surface area (Å²) in [6.07, 6.45) is 0.668. The SMILES string of the molecule is CCC(C)C(=O)NNC(=O)c1ccccc1F. The molecule has 5 heteroatoms. The third-order valence-electron chi connectivity index (χ3n) is 2.48. The van der Waals surface area contributed by atoms with E-state index in [0.29, 0.717) is 6.42 Å². The molecule has 1 aromatic carbocycles. The second-order valence-electron chi connectivity index (χ2n) is 3.73. The fraction of sp³-hybridized carbons (Fsp3) is 0.333. The first-order valence-electron chi connectivity index (χ1n) is 5.41. The first-order valence-corrected chi connectivity index (χ1v) is 5.41. The molecule has 1 atom stereocenters. The van der Waals surface area contributed by atoms with Crippen molar-refractivity contribution in [3.63, 3.8) is 0 Å². The number of carbonyl (C=O) groups excluding carboxylic acids is 2. The van der Waals surface area contributed by atoms with E-state index in [-0.39, 0.29) is 17.4 Å². The smallest absolute Gasteiger partial charge is 0.272 e. The second-order valence-corrected chi connectivity index (χ2v) is 3.73. The predicted octanol–water partition coefficient (Wildman–Crippen LogP) is 1.63. The van der Waals surface area contributed by atoms with Crippen molar-refractivity contribution in [1.82, 2.24) is 10.9 Å². The second kappa shape index (κ2) is 5.98. The molecular formula is C12H15FN2O2. The Hall–Kier alpha value is -1.91. The zero-order valence-electron chi connectivity index (χ0n) is 9.79. The number of rotatable bonds is 3. The largest absolute Gasteiger partial charge is 0.273 e. The minimum Gasteiger partial charge on any atom is -0.273 e. The number of carbonyl (C=O) groups is 2. The molecule has 17 heavy (non-hydrogen) atoms. The molecule has 0 heterocycles. The number of hydrogen-bond donors (Lipinski definition) is 2. The van der Waals surface area contributed by atoms with Crippen molar-refractivity contribution in [3.05, 3.63) is 35.6 Å². The van der Waals surface area contributed by atoms with Crippen LogP contribution in [0.2, 0.25) is 0 Å². The van der Waals surface area contributed by atoms with E-state index in [1.54, 1.807) is 13.0 Å². The van der Waals surface area contributed by atoms with Gasteiger partial charge in [-0.1, -0.05) is 26.0 Å². The van der Waals surface area contributed by atoms with Crippen molar-refractivity contribution >= 4 is 11.8 Å². The van der Waals surface area contributed by atoms with Crippen LogP contribution in [-0.4, -0.2) is 11.8 Å². The van der Waals surface area contributed by atoms with Gasteiger partial charge < -0.3 is 0 Å². The molecule has 0 saturated carbocycles. The lowest BCUT2D eigenvalue weighted by Gasteiger charge is -2.11. The van der Waals surface area contributed by atoms with Gasteiger partial charge >= 0.3 is 0 Å². The Bertz CT molecular complexity index is 421. The summed E-state index contributed by atoms with van der Waals surface area (Å²) in [6.45, 7) is 3.60. The lowest BCUT2D eigenvalue weighted by molar-refractivity contribution is -0.125. The Balaban J connectivity index is 2.57. The third kappa shape index (κ3) is 3.55. The van der Waals surface area contributed by atoms with Crippen molar-refractivity contribution in [2.75, 3.05) is 0 Å². The Kier molecular flexibility index (Phi) is 4.63. The van der Waals surface area contributed by atoms with Gasteiger partial charge in [-0.05, 0) is 18.6 Å². The summed E-state index contributed by atoms with van der Waals surface area (Å²) in [6, 6.07) is 5.57. The van der Waals surface area contributed by atoms with E-state index < -0.39 is 11.7 Å². The van der Waals surface area contributed by atoms with Crippen molar-refractivity contribution in [2.24, 2.45) is 5.92 Å². The quantitative estimate of drug-likeness (QED) is 0.786. The highest BCUT2D eigenvalue weighted by molar-refractivity contribution is 5.95. The van der Waals surface area contributed by atoms with Gasteiger partial charge in [0.05, 0.1) is 5.56 Å². The summed E-state index contributed by atoms with van der Waals surface area (Å²) in [4.78, 5) is 22.9. The van der Waals surface area contributed by atoms with Crippen LogP contribution in [0.15, 0.2) is 24.3 Å². The van der Waals surface area contributed by atoms with Gasteiger partial charge in [0.2, 0.25) is 5.91 Å². The average molecular weight is 238 g/mol. The molecule has 2 N–H and O–H groups in total. The Labute approximate surface area is 99.2 Å². The first-order chi connectivity index (χ1) is 8.06. The van der Waals surface area contributed by atoms with E-state index >= 15 is 0 Å². The van der Waals surface area contributed by atoms with Crippen LogP contribution in [-0.2, 0) is 4.79 Å². The minimum absolute atomic E-state index is 0.100. The van der Waals surface area contributed by atoms with Gasteiger partial charge in [-0.25, -0.2) is 4.39 Å². The van der Waals surface area contributed by atoms with E-state index in [0.717, 1.165) is 0 Å². The van der Waals surface area contributed by atoms with Gasteiger partial charge in [0.1, 0.15) is 5.82 Å². The molecule has 2 amide bonds. The molecule has 1 rings (SSSR count). The lowest BCUT2D eigenvalue weighted by Crippen LogP contribution is -2.44. The van der Waals surface area contributed by atoms with E-state index in [4.69, 9.17) is 0 Å².